The number of carbonyl (C=O) groups is 5. The van der Waals surface area contributed by atoms with Gasteiger partial charge < -0.3 is 30.2 Å². The van der Waals surface area contributed by atoms with Crippen LogP contribution in [0.3, 0.4) is 0 Å². The normalized spacial score (nSPS) is 29.1. The molecule has 0 aromatic carbocycles. The fraction of sp³-hybridized carbons (Fsp3) is 0.839. The minimum absolute atomic E-state index is 0.0636. The lowest BCUT2D eigenvalue weighted by Crippen LogP contribution is -2.60. The molecular formula is C31H51N5O8. The summed E-state index contributed by atoms with van der Waals surface area (Å²) >= 11 is 0. The molecule has 2 saturated carbocycles. The second kappa shape index (κ2) is 12.2. The molecule has 0 aromatic rings. The number of epoxide rings is 1. The summed E-state index contributed by atoms with van der Waals surface area (Å²) in [6, 6.07) is -2.71. The lowest BCUT2D eigenvalue weighted by molar-refractivity contribution is -0.145. The van der Waals surface area contributed by atoms with Gasteiger partial charge in [-0.15, -0.1) is 0 Å². The van der Waals surface area contributed by atoms with Gasteiger partial charge in [-0.05, 0) is 40.4 Å². The Morgan fingerprint density at radius 3 is 2.14 bits per heavy atom. The molecule has 3 amide bonds. The summed E-state index contributed by atoms with van der Waals surface area (Å²) in [5, 5.41) is 9.52. The lowest BCUT2D eigenvalue weighted by Gasteiger charge is -2.38. The number of nitrogens with one attached hydrogen (secondary N) is 3. The smallest absolute Gasteiger partial charge is 0.438 e. The number of piperidine rings is 1. The van der Waals surface area contributed by atoms with E-state index in [4.69, 9.17) is 15.2 Å². The third-order valence-corrected chi connectivity index (χ3v) is 9.78. The molecule has 13 nitrogen and oxygen atoms in total. The summed E-state index contributed by atoms with van der Waals surface area (Å²) in [5.41, 5.74) is 4.35. The van der Waals surface area contributed by atoms with Crippen molar-refractivity contribution in [2.24, 2.45) is 39.7 Å². The molecule has 4 aliphatic rings. The largest absolute Gasteiger partial charge is 0.508 e. The molecule has 44 heavy (non-hydrogen) atoms. The number of hydrogen-bond donors (Lipinski definition) is 4. The first-order valence-electron chi connectivity index (χ1n) is 15.6. The number of methoxy groups -OCH3 is 1. The Hall–Kier alpha value is -2.77. The van der Waals surface area contributed by atoms with Gasteiger partial charge in [0.05, 0.1) is 19.2 Å². The average molecular weight is 622 g/mol. The predicted octanol–water partition coefficient (Wildman–Crippen LogP) is 1.28. The highest BCUT2D eigenvalue weighted by Crippen LogP contribution is 2.65. The van der Waals surface area contributed by atoms with Crippen LogP contribution in [0.2, 0.25) is 0 Å². The van der Waals surface area contributed by atoms with E-state index in [9.17, 15) is 24.0 Å². The Morgan fingerprint density at radius 2 is 1.61 bits per heavy atom. The van der Waals surface area contributed by atoms with Crippen molar-refractivity contribution in [1.82, 2.24) is 20.9 Å². The van der Waals surface area contributed by atoms with Crippen LogP contribution < -0.4 is 21.7 Å². The summed E-state index contributed by atoms with van der Waals surface area (Å²) < 4.78 is 15.6. The van der Waals surface area contributed by atoms with E-state index < -0.39 is 59.7 Å². The van der Waals surface area contributed by atoms with Gasteiger partial charge >= 0.3 is 6.16 Å². The molecule has 4 fully saturated rings. The Kier molecular flexibility index (Phi) is 9.46. The third-order valence-electron chi connectivity index (χ3n) is 9.78. The molecule has 0 radical (unpaired) electrons. The van der Waals surface area contributed by atoms with E-state index >= 15 is 0 Å². The fourth-order valence-electron chi connectivity index (χ4n) is 6.50. The van der Waals surface area contributed by atoms with Crippen LogP contribution in [-0.4, -0.2) is 91.4 Å². The van der Waals surface area contributed by atoms with Crippen LogP contribution in [0.4, 0.5) is 4.79 Å². The zero-order chi connectivity index (χ0) is 32.9. The van der Waals surface area contributed by atoms with Crippen molar-refractivity contribution in [2.45, 2.75) is 111 Å². The van der Waals surface area contributed by atoms with E-state index in [1.807, 2.05) is 41.5 Å². The molecule has 2 aliphatic carbocycles. The maximum Gasteiger partial charge on any atom is 0.508 e. The van der Waals surface area contributed by atoms with E-state index in [2.05, 4.69) is 34.5 Å². The molecular weight excluding hydrogens is 570 g/mol. The van der Waals surface area contributed by atoms with E-state index in [0.29, 0.717) is 13.0 Å². The van der Waals surface area contributed by atoms with Crippen molar-refractivity contribution in [3.05, 3.63) is 0 Å². The Balaban J connectivity index is 1.46. The molecule has 5 N–H and O–H groups in total. The Labute approximate surface area is 260 Å². The van der Waals surface area contributed by atoms with E-state index in [0.717, 1.165) is 12.8 Å². The SMILES string of the molecule is COC(=O)OC[C@@H](NC1OC1NC(C(=O)N1C[C@H]2[C@@H]([C@H]1C(=O)NC(CC1CC1)C(=O)C(N)=O)C2(C)C)C(C)(C)C)C(C)(C)C. The molecule has 0 aromatic heterocycles. The standard InChI is InChI=1S/C31H51N5O8/c1-29(2,3)18(14-43-28(41)42-9)34-25-26(44-25)35-22(30(4,5)6)27(40)36-13-16-19(31(16,7)8)20(36)24(39)33-17(12-15-10-11-15)21(37)23(32)38/h15-20,22,25-26,34-35H,10-14H2,1-9H3,(H2,32,38)(H,33,39)/t16-,17?,18+,19-,20-,22?,25?,26?/m0/s1. The van der Waals surface area contributed by atoms with Gasteiger partial charge in [-0.3, -0.25) is 29.8 Å². The number of nitrogens with two attached hydrogens (primary N) is 1. The van der Waals surface area contributed by atoms with Crippen molar-refractivity contribution in [3.63, 3.8) is 0 Å². The number of amides is 3. The number of Topliss-reactive ketones (excluding diaryl/α,β-unsaturated/α-hetero) is 1. The molecule has 248 valence electrons. The first-order chi connectivity index (χ1) is 20.3. The molecule has 4 unspecified atom stereocenters. The van der Waals surface area contributed by atoms with Gasteiger partial charge in [-0.2, -0.15) is 0 Å². The van der Waals surface area contributed by atoms with Crippen LogP contribution in [0.25, 0.3) is 0 Å². The highest BCUT2D eigenvalue weighted by atomic mass is 16.7. The maximum absolute atomic E-state index is 14.3. The van der Waals surface area contributed by atoms with Crippen molar-refractivity contribution >= 4 is 29.7 Å². The molecule has 8 atom stereocenters. The van der Waals surface area contributed by atoms with Crippen LogP contribution in [0, 0.1) is 34.0 Å². The van der Waals surface area contributed by atoms with Gasteiger partial charge in [0.1, 0.15) is 12.6 Å². The monoisotopic (exact) mass is 621 g/mol. The van der Waals surface area contributed by atoms with Crippen molar-refractivity contribution in [3.8, 4) is 0 Å². The second-order valence-corrected chi connectivity index (χ2v) is 15.7. The number of primary amides is 1. The molecule has 13 heteroatoms. The molecule has 2 heterocycles. The molecule has 2 aliphatic heterocycles. The van der Waals surface area contributed by atoms with Crippen LogP contribution in [0.5, 0.6) is 0 Å². The van der Waals surface area contributed by atoms with Gasteiger partial charge in [0.2, 0.25) is 17.6 Å². The highest BCUT2D eigenvalue weighted by molar-refractivity contribution is 6.37. The first-order valence-corrected chi connectivity index (χ1v) is 15.6. The maximum atomic E-state index is 14.3. The number of hydrogen-bond acceptors (Lipinski definition) is 10. The molecule has 0 spiro atoms. The number of carbonyl (C=O) groups excluding carboxylic acids is 5. The zero-order valence-corrected chi connectivity index (χ0v) is 27.5. The summed E-state index contributed by atoms with van der Waals surface area (Å²) in [5.74, 6) is -2.18. The van der Waals surface area contributed by atoms with E-state index in [1.165, 1.54) is 7.11 Å². The molecule has 0 bridgehead atoms. The Morgan fingerprint density at radius 1 is 1.00 bits per heavy atom. The Bertz CT molecular complexity index is 1160. The fourth-order valence-corrected chi connectivity index (χ4v) is 6.50. The van der Waals surface area contributed by atoms with Gasteiger partial charge in [0.15, 0.2) is 12.5 Å². The number of ether oxygens (including phenoxy) is 3. The summed E-state index contributed by atoms with van der Waals surface area (Å²) in [7, 11) is 1.25. The number of fused-ring (bicyclic) bond motifs is 1. The van der Waals surface area contributed by atoms with Crippen molar-refractivity contribution in [2.75, 3.05) is 20.3 Å². The topological polar surface area (TPSA) is 182 Å². The van der Waals surface area contributed by atoms with Gasteiger partial charge in [0.25, 0.3) is 5.91 Å². The zero-order valence-electron chi connectivity index (χ0n) is 27.5. The van der Waals surface area contributed by atoms with Gasteiger partial charge in [-0.1, -0.05) is 68.2 Å². The second-order valence-electron chi connectivity index (χ2n) is 15.7. The van der Waals surface area contributed by atoms with Gasteiger partial charge in [0, 0.05) is 12.6 Å². The van der Waals surface area contributed by atoms with Crippen LogP contribution in [0.1, 0.15) is 74.7 Å². The first kappa shape index (κ1) is 34.1. The van der Waals surface area contributed by atoms with Crippen molar-refractivity contribution < 1.29 is 38.2 Å². The quantitative estimate of drug-likeness (QED) is 0.133. The van der Waals surface area contributed by atoms with Crippen molar-refractivity contribution in [1.29, 1.82) is 0 Å². The van der Waals surface area contributed by atoms with Crippen LogP contribution >= 0.6 is 0 Å². The van der Waals surface area contributed by atoms with Gasteiger partial charge in [-0.25, -0.2) is 4.79 Å². The summed E-state index contributed by atoms with van der Waals surface area (Å²) in [4.78, 5) is 65.6. The summed E-state index contributed by atoms with van der Waals surface area (Å²) in [6.45, 7) is 16.5. The highest BCUT2D eigenvalue weighted by Gasteiger charge is 2.70. The summed E-state index contributed by atoms with van der Waals surface area (Å²) in [6.07, 6.45) is 0.572. The van der Waals surface area contributed by atoms with E-state index in [-0.39, 0.29) is 47.1 Å². The van der Waals surface area contributed by atoms with E-state index in [1.54, 1.807) is 4.90 Å². The lowest BCUT2D eigenvalue weighted by atomic mass is 9.85. The minimum atomic E-state index is -1.07. The number of rotatable bonds is 13. The number of likely N-dealkylation sites (tertiary alicyclic amines) is 1. The third kappa shape index (κ3) is 7.54. The molecule has 4 rings (SSSR count). The molecule has 2 saturated heterocycles. The van der Waals surface area contributed by atoms with Crippen LogP contribution in [-0.2, 0) is 33.4 Å². The predicted molar refractivity (Wildman–Crippen MR) is 160 cm³/mol. The van der Waals surface area contributed by atoms with Crippen LogP contribution in [0.15, 0.2) is 0 Å². The number of nitrogens with zero attached hydrogens (tertiary/aromatic N) is 1. The minimum Gasteiger partial charge on any atom is -0.438 e. The number of ketones is 1. The average Bonchev–Trinajstić information content (AvgIpc) is 3.86.